The van der Waals surface area contributed by atoms with Crippen molar-refractivity contribution in [2.75, 3.05) is 13.7 Å². The number of hydrogen-bond acceptors (Lipinski definition) is 3. The Bertz CT molecular complexity index is 381. The maximum atomic E-state index is 11.8. The first-order valence-electron chi connectivity index (χ1n) is 5.47. The van der Waals surface area contributed by atoms with E-state index in [0.29, 0.717) is 24.4 Å². The highest BCUT2D eigenvalue weighted by molar-refractivity contribution is 5.88. The molecule has 0 spiro atoms. The molecule has 8 atom stereocenters. The molecule has 3 nitrogen and oxygen atoms in total. The van der Waals surface area contributed by atoms with Gasteiger partial charge in [-0.25, -0.2) is 0 Å². The summed E-state index contributed by atoms with van der Waals surface area (Å²) in [5, 5.41) is 9.43. The summed E-state index contributed by atoms with van der Waals surface area (Å²) in [6.07, 6.45) is 0. The van der Waals surface area contributed by atoms with Crippen LogP contribution < -0.4 is 0 Å². The third-order valence-electron chi connectivity index (χ3n) is 6.60. The Morgan fingerprint density at radius 1 is 1.36 bits per heavy atom. The van der Waals surface area contributed by atoms with Gasteiger partial charge in [-0.15, -0.1) is 0 Å². The molecule has 0 heterocycles. The third-order valence-corrected chi connectivity index (χ3v) is 6.60. The number of methoxy groups -OCH3 is 1. The van der Waals surface area contributed by atoms with E-state index in [1.165, 1.54) is 7.11 Å². The quantitative estimate of drug-likeness (QED) is 0.621. The van der Waals surface area contributed by atoms with E-state index in [1.54, 1.807) is 0 Å². The summed E-state index contributed by atoms with van der Waals surface area (Å²) < 4.78 is 4.93. The molecule has 74 valence electrons. The van der Waals surface area contributed by atoms with Crippen molar-refractivity contribution in [3.63, 3.8) is 0 Å². The smallest absolute Gasteiger partial charge is 0.312 e. The van der Waals surface area contributed by atoms with E-state index in [0.717, 1.165) is 17.8 Å². The van der Waals surface area contributed by atoms with E-state index in [-0.39, 0.29) is 16.8 Å². The molecule has 0 aromatic rings. The molecule has 0 aromatic heterocycles. The van der Waals surface area contributed by atoms with Crippen molar-refractivity contribution in [2.45, 2.75) is 0 Å². The van der Waals surface area contributed by atoms with Crippen LogP contribution in [0.2, 0.25) is 0 Å². The molecule has 3 heteroatoms. The summed E-state index contributed by atoms with van der Waals surface area (Å²) >= 11 is 0. The summed E-state index contributed by atoms with van der Waals surface area (Å²) in [6.45, 7) is 0.311. The van der Waals surface area contributed by atoms with Crippen LogP contribution in [-0.2, 0) is 9.53 Å². The molecule has 6 saturated carbocycles. The van der Waals surface area contributed by atoms with Crippen LogP contribution in [-0.4, -0.2) is 24.8 Å². The van der Waals surface area contributed by atoms with E-state index in [4.69, 9.17) is 4.74 Å². The number of aliphatic hydroxyl groups excluding tert-OH is 1. The Balaban J connectivity index is 1.63. The van der Waals surface area contributed by atoms with Crippen LogP contribution in [0.4, 0.5) is 0 Å². The van der Waals surface area contributed by atoms with Gasteiger partial charge in [0.05, 0.1) is 12.5 Å². The zero-order chi connectivity index (χ0) is 9.46. The number of hydrogen-bond donors (Lipinski definition) is 1. The molecule has 6 aliphatic carbocycles. The van der Waals surface area contributed by atoms with Crippen LogP contribution >= 0.6 is 0 Å². The first-order chi connectivity index (χ1) is 6.77. The summed E-state index contributed by atoms with van der Waals surface area (Å²) in [5.41, 5.74) is 0.125. The first kappa shape index (κ1) is 6.83. The second kappa shape index (κ2) is 1.37. The minimum atomic E-state index is -0.0818. The molecule has 0 amide bonds. The molecular formula is C11H12O3. The molecule has 0 bridgehead atoms. The average molecular weight is 192 g/mol. The predicted octanol–water partition coefficient (Wildman–Crippen LogP) is -0.110. The van der Waals surface area contributed by atoms with Crippen molar-refractivity contribution in [2.24, 2.45) is 46.3 Å². The summed E-state index contributed by atoms with van der Waals surface area (Å²) in [4.78, 5) is 11.8. The van der Waals surface area contributed by atoms with Gasteiger partial charge in [0.1, 0.15) is 0 Å². The summed E-state index contributed by atoms with van der Waals surface area (Å²) in [5.74, 6) is 4.12. The van der Waals surface area contributed by atoms with E-state index >= 15 is 0 Å². The van der Waals surface area contributed by atoms with Crippen LogP contribution in [0.1, 0.15) is 0 Å². The van der Waals surface area contributed by atoms with E-state index in [1.807, 2.05) is 0 Å². The van der Waals surface area contributed by atoms with Crippen LogP contribution in [0.3, 0.4) is 0 Å². The van der Waals surface area contributed by atoms with E-state index in [2.05, 4.69) is 0 Å². The largest absolute Gasteiger partial charge is 0.469 e. The molecule has 6 fully saturated rings. The van der Waals surface area contributed by atoms with Crippen molar-refractivity contribution in [3.05, 3.63) is 0 Å². The SMILES string of the molecule is COC(=O)C12C3[C@@H]4C5[C@H]3[C@H]1C5(CO)[C@@H]42. The van der Waals surface area contributed by atoms with Gasteiger partial charge in [-0.05, 0) is 35.5 Å². The normalized spacial score (nSPS) is 77.0. The maximum absolute atomic E-state index is 11.8. The Hall–Kier alpha value is -0.570. The zero-order valence-electron chi connectivity index (χ0n) is 7.93. The van der Waals surface area contributed by atoms with Crippen molar-refractivity contribution in [3.8, 4) is 0 Å². The van der Waals surface area contributed by atoms with Crippen LogP contribution in [0.15, 0.2) is 0 Å². The number of ether oxygens (including phenoxy) is 1. The van der Waals surface area contributed by atoms with Gasteiger partial charge in [0.15, 0.2) is 0 Å². The predicted molar refractivity (Wildman–Crippen MR) is 44.9 cm³/mol. The average Bonchev–Trinajstić information content (AvgIpc) is 2.27. The molecule has 14 heavy (non-hydrogen) atoms. The van der Waals surface area contributed by atoms with Crippen molar-refractivity contribution in [1.82, 2.24) is 0 Å². The highest BCUT2D eigenvalue weighted by Crippen LogP contribution is 3.10. The van der Waals surface area contributed by atoms with Gasteiger partial charge in [-0.2, -0.15) is 0 Å². The van der Waals surface area contributed by atoms with Gasteiger partial charge in [0.25, 0.3) is 0 Å². The van der Waals surface area contributed by atoms with Gasteiger partial charge in [-0.3, -0.25) is 4.79 Å². The molecule has 6 rings (SSSR count). The lowest BCUT2D eigenvalue weighted by molar-refractivity contribution is -0.647. The number of aliphatic hydroxyl groups is 1. The lowest BCUT2D eigenvalue weighted by Gasteiger charge is -3.10. The third kappa shape index (κ3) is 0.251. The molecule has 0 aromatic carbocycles. The van der Waals surface area contributed by atoms with Crippen LogP contribution in [0.25, 0.3) is 0 Å². The molecule has 0 aliphatic heterocycles. The number of rotatable bonds is 2. The second-order valence-corrected chi connectivity index (χ2v) is 5.86. The van der Waals surface area contributed by atoms with Gasteiger partial charge in [0.2, 0.25) is 0 Å². The molecule has 6 aliphatic rings. The van der Waals surface area contributed by atoms with Crippen molar-refractivity contribution in [1.29, 1.82) is 0 Å². The fourth-order valence-corrected chi connectivity index (χ4v) is 6.75. The number of esters is 1. The molecular weight excluding hydrogens is 180 g/mol. The summed E-state index contributed by atoms with van der Waals surface area (Å²) in [7, 11) is 1.50. The van der Waals surface area contributed by atoms with Gasteiger partial charge in [-0.1, -0.05) is 0 Å². The van der Waals surface area contributed by atoms with E-state index < -0.39 is 0 Å². The highest BCUT2D eigenvalue weighted by Gasteiger charge is 3.11. The minimum absolute atomic E-state index is 0.0206. The second-order valence-electron chi connectivity index (χ2n) is 5.86. The zero-order valence-corrected chi connectivity index (χ0v) is 7.93. The Kier molecular flexibility index (Phi) is 0.668. The Morgan fingerprint density at radius 3 is 2.50 bits per heavy atom. The standard InChI is InChI=1S/C11H12O3/c1-14-9(13)11-6-3-5-4(6)8(11)10(5,2-12)7(3)11/h3-8,12H,2H2,1H3/t3-,4+,5?,6?,7+,8-,10?,11?. The molecule has 0 radical (unpaired) electrons. The molecule has 1 N–H and O–H groups in total. The number of carbonyl (C=O) groups excluding carboxylic acids is 1. The van der Waals surface area contributed by atoms with E-state index in [9.17, 15) is 9.90 Å². The topological polar surface area (TPSA) is 46.5 Å². The first-order valence-corrected chi connectivity index (χ1v) is 5.47. The monoisotopic (exact) mass is 192 g/mol. The van der Waals surface area contributed by atoms with Crippen molar-refractivity contribution < 1.29 is 14.6 Å². The van der Waals surface area contributed by atoms with Gasteiger partial charge < -0.3 is 9.84 Å². The van der Waals surface area contributed by atoms with Gasteiger partial charge in [0, 0.05) is 12.0 Å². The van der Waals surface area contributed by atoms with Crippen LogP contribution in [0.5, 0.6) is 0 Å². The Morgan fingerprint density at radius 2 is 2.00 bits per heavy atom. The maximum Gasteiger partial charge on any atom is 0.312 e. The lowest BCUT2D eigenvalue weighted by atomic mass is 8.92. The van der Waals surface area contributed by atoms with Gasteiger partial charge >= 0.3 is 5.97 Å². The molecule has 0 saturated heterocycles. The van der Waals surface area contributed by atoms with Crippen LogP contribution in [0, 0.1) is 46.3 Å². The Labute approximate surface area is 81.4 Å². The molecule has 4 unspecified atom stereocenters. The number of carbonyl (C=O) groups is 1. The minimum Gasteiger partial charge on any atom is -0.469 e. The fraction of sp³-hybridized carbons (Fsp3) is 0.909. The van der Waals surface area contributed by atoms with Crippen molar-refractivity contribution >= 4 is 5.97 Å². The highest BCUT2D eigenvalue weighted by atomic mass is 16.5. The summed E-state index contributed by atoms with van der Waals surface area (Å²) in [6, 6.07) is 0. The lowest BCUT2D eigenvalue weighted by Crippen LogP contribution is -3.11. The fourth-order valence-electron chi connectivity index (χ4n) is 6.75.